The van der Waals surface area contributed by atoms with Crippen molar-refractivity contribution in [1.29, 1.82) is 0 Å². The Balaban J connectivity index is 1.55. The van der Waals surface area contributed by atoms with Crippen molar-refractivity contribution in [2.24, 2.45) is 0 Å². The third-order valence-electron chi connectivity index (χ3n) is 4.95. The van der Waals surface area contributed by atoms with Crippen molar-refractivity contribution >= 4 is 22.7 Å². The van der Waals surface area contributed by atoms with Gasteiger partial charge in [-0.3, -0.25) is 19.0 Å². The Bertz CT molecular complexity index is 886. The highest BCUT2D eigenvalue weighted by molar-refractivity contribution is 5.84. The second-order valence-electron chi connectivity index (χ2n) is 6.94. The van der Waals surface area contributed by atoms with Crippen LogP contribution in [0.4, 0.5) is 0 Å². The summed E-state index contributed by atoms with van der Waals surface area (Å²) >= 11 is 0. The third-order valence-corrected chi connectivity index (χ3v) is 4.95. The van der Waals surface area contributed by atoms with Crippen LogP contribution in [0.1, 0.15) is 6.42 Å². The molecule has 0 unspecified atom stereocenters. The summed E-state index contributed by atoms with van der Waals surface area (Å²) in [5.41, 5.74) is 0.476. The van der Waals surface area contributed by atoms with Gasteiger partial charge in [0.2, 0.25) is 11.8 Å². The largest absolute Gasteiger partial charge is 0.339 e. The van der Waals surface area contributed by atoms with E-state index in [1.54, 1.807) is 30.1 Å². The fraction of sp³-hybridized carbons (Fsp3) is 0.474. The Morgan fingerprint density at radius 2 is 1.85 bits per heavy atom. The molecule has 0 atom stereocenters. The first-order valence-electron chi connectivity index (χ1n) is 9.10. The first-order valence-corrected chi connectivity index (χ1v) is 9.10. The molecule has 144 valence electrons. The normalized spacial score (nSPS) is 15.1. The number of aromatic nitrogens is 2. The van der Waals surface area contributed by atoms with Crippen molar-refractivity contribution in [1.82, 2.24) is 24.3 Å². The monoisotopic (exact) mass is 371 g/mol. The highest BCUT2D eigenvalue weighted by atomic mass is 16.2. The molecule has 0 N–H and O–H groups in total. The maximum Gasteiger partial charge on any atom is 0.261 e. The van der Waals surface area contributed by atoms with E-state index in [1.165, 1.54) is 15.8 Å². The molecule has 1 aliphatic heterocycles. The van der Waals surface area contributed by atoms with E-state index in [1.807, 2.05) is 13.1 Å². The number of hydrogen-bond donors (Lipinski definition) is 0. The predicted molar refractivity (Wildman–Crippen MR) is 102 cm³/mol. The summed E-state index contributed by atoms with van der Waals surface area (Å²) in [5.74, 6) is -0.207. The number of carbonyl (C=O) groups is 2. The third kappa shape index (κ3) is 4.51. The number of rotatable bonds is 5. The Morgan fingerprint density at radius 3 is 2.59 bits per heavy atom. The summed E-state index contributed by atoms with van der Waals surface area (Å²) < 4.78 is 1.44. The van der Waals surface area contributed by atoms with Crippen LogP contribution in [0.25, 0.3) is 10.9 Å². The van der Waals surface area contributed by atoms with Crippen LogP contribution in [0.3, 0.4) is 0 Å². The second kappa shape index (κ2) is 8.30. The molecule has 1 saturated heterocycles. The lowest BCUT2D eigenvalue weighted by atomic mass is 10.2. The maximum atomic E-state index is 12.5. The van der Waals surface area contributed by atoms with Gasteiger partial charge in [0.05, 0.1) is 23.8 Å². The molecular weight excluding hydrogens is 346 g/mol. The Kier molecular flexibility index (Phi) is 5.85. The smallest absolute Gasteiger partial charge is 0.261 e. The van der Waals surface area contributed by atoms with Gasteiger partial charge < -0.3 is 14.7 Å². The lowest BCUT2D eigenvalue weighted by Crippen LogP contribution is -2.50. The molecule has 2 heterocycles. The molecule has 8 nitrogen and oxygen atoms in total. The van der Waals surface area contributed by atoms with Crippen molar-refractivity contribution in [3.63, 3.8) is 0 Å². The van der Waals surface area contributed by atoms with Crippen molar-refractivity contribution < 1.29 is 9.59 Å². The van der Waals surface area contributed by atoms with Crippen molar-refractivity contribution in [3.8, 4) is 0 Å². The topological polar surface area (TPSA) is 78.8 Å². The minimum absolute atomic E-state index is 0.0384. The summed E-state index contributed by atoms with van der Waals surface area (Å²) in [5, 5.41) is 0.533. The minimum Gasteiger partial charge on any atom is -0.339 e. The SMILES string of the molecule is CN1CCN(C(=O)CN(C)C(=O)CCn2cnc3ccccc3c2=O)CC1. The molecule has 3 rings (SSSR count). The fourth-order valence-corrected chi connectivity index (χ4v) is 3.12. The Morgan fingerprint density at radius 1 is 1.15 bits per heavy atom. The summed E-state index contributed by atoms with van der Waals surface area (Å²) in [7, 11) is 3.65. The summed E-state index contributed by atoms with van der Waals surface area (Å²) in [4.78, 5) is 46.8. The van der Waals surface area contributed by atoms with Crippen LogP contribution in [0.15, 0.2) is 35.4 Å². The fourth-order valence-electron chi connectivity index (χ4n) is 3.12. The zero-order valence-corrected chi connectivity index (χ0v) is 15.8. The van der Waals surface area contributed by atoms with Crippen LogP contribution in [-0.2, 0) is 16.1 Å². The minimum atomic E-state index is -0.169. The molecule has 1 aromatic carbocycles. The molecule has 0 bridgehead atoms. The van der Waals surface area contributed by atoms with Crippen molar-refractivity contribution in [3.05, 3.63) is 40.9 Å². The van der Waals surface area contributed by atoms with E-state index in [2.05, 4.69) is 9.88 Å². The van der Waals surface area contributed by atoms with Crippen molar-refractivity contribution in [2.75, 3.05) is 46.8 Å². The number of carbonyl (C=O) groups excluding carboxylic acids is 2. The molecular formula is C19H25N5O3. The zero-order valence-electron chi connectivity index (χ0n) is 15.8. The number of likely N-dealkylation sites (N-methyl/N-ethyl adjacent to an activating group) is 2. The first-order chi connectivity index (χ1) is 13.0. The number of benzene rings is 1. The Hall–Kier alpha value is -2.74. The van der Waals surface area contributed by atoms with Crippen molar-refractivity contribution in [2.45, 2.75) is 13.0 Å². The average Bonchev–Trinajstić information content (AvgIpc) is 2.67. The molecule has 0 radical (unpaired) electrons. The molecule has 1 fully saturated rings. The van der Waals surface area contributed by atoms with Gasteiger partial charge in [-0.2, -0.15) is 0 Å². The summed E-state index contributed by atoms with van der Waals surface area (Å²) in [6.07, 6.45) is 1.61. The van der Waals surface area contributed by atoms with E-state index < -0.39 is 0 Å². The van der Waals surface area contributed by atoms with E-state index in [9.17, 15) is 14.4 Å². The van der Waals surface area contributed by atoms with Gasteiger partial charge in [-0.15, -0.1) is 0 Å². The molecule has 1 aromatic heterocycles. The van der Waals surface area contributed by atoms with Gasteiger partial charge in [0, 0.05) is 46.2 Å². The van der Waals surface area contributed by atoms with E-state index in [0.29, 0.717) is 24.0 Å². The molecule has 8 heteroatoms. The van der Waals surface area contributed by atoms with Gasteiger partial charge in [0.15, 0.2) is 0 Å². The second-order valence-corrected chi connectivity index (χ2v) is 6.94. The van der Waals surface area contributed by atoms with Crippen LogP contribution in [-0.4, -0.2) is 82.9 Å². The number of nitrogens with zero attached hydrogens (tertiary/aromatic N) is 5. The molecule has 1 aliphatic rings. The lowest BCUT2D eigenvalue weighted by Gasteiger charge is -2.33. The van der Waals surface area contributed by atoms with E-state index >= 15 is 0 Å². The standard InChI is InChI=1S/C19H25N5O3/c1-21-9-11-23(12-10-21)18(26)13-22(2)17(25)7-8-24-14-20-16-6-4-3-5-15(16)19(24)27/h3-6,14H,7-13H2,1-2H3. The zero-order chi connectivity index (χ0) is 19.4. The molecule has 0 saturated carbocycles. The lowest BCUT2D eigenvalue weighted by molar-refractivity contribution is -0.140. The molecule has 27 heavy (non-hydrogen) atoms. The molecule has 0 spiro atoms. The number of para-hydroxylation sites is 1. The number of piperazine rings is 1. The molecule has 2 aromatic rings. The van der Waals surface area contributed by atoms with E-state index in [0.717, 1.165) is 13.1 Å². The van der Waals surface area contributed by atoms with Gasteiger partial charge >= 0.3 is 0 Å². The van der Waals surface area contributed by atoms with Gasteiger partial charge in [-0.1, -0.05) is 12.1 Å². The van der Waals surface area contributed by atoms with Crippen LogP contribution >= 0.6 is 0 Å². The van der Waals surface area contributed by atoms with Gasteiger partial charge in [-0.05, 0) is 19.2 Å². The molecule has 0 aliphatic carbocycles. The summed E-state index contributed by atoms with van der Waals surface area (Å²) in [6, 6.07) is 7.13. The summed E-state index contributed by atoms with van der Waals surface area (Å²) in [6.45, 7) is 3.38. The van der Waals surface area contributed by atoms with Crippen LogP contribution < -0.4 is 5.56 Å². The average molecular weight is 371 g/mol. The highest BCUT2D eigenvalue weighted by Gasteiger charge is 2.21. The predicted octanol–water partition coefficient (Wildman–Crippen LogP) is 0.0190. The number of hydrogen-bond acceptors (Lipinski definition) is 5. The first kappa shape index (κ1) is 19.0. The van der Waals surface area contributed by atoms with Gasteiger partial charge in [-0.25, -0.2) is 4.98 Å². The van der Waals surface area contributed by atoms with Gasteiger partial charge in [0.25, 0.3) is 5.56 Å². The Labute approximate surface area is 158 Å². The highest BCUT2D eigenvalue weighted by Crippen LogP contribution is 2.06. The maximum absolute atomic E-state index is 12.5. The van der Waals surface area contributed by atoms with Crippen LogP contribution in [0.5, 0.6) is 0 Å². The van der Waals surface area contributed by atoms with Crippen LogP contribution in [0, 0.1) is 0 Å². The number of fused-ring (bicyclic) bond motifs is 1. The van der Waals surface area contributed by atoms with Gasteiger partial charge in [0.1, 0.15) is 0 Å². The molecule has 2 amide bonds. The van der Waals surface area contributed by atoms with Crippen LogP contribution in [0.2, 0.25) is 0 Å². The van der Waals surface area contributed by atoms with E-state index in [-0.39, 0.29) is 36.9 Å². The van der Waals surface area contributed by atoms with E-state index in [4.69, 9.17) is 0 Å². The quantitative estimate of drug-likeness (QED) is 0.740. The number of aryl methyl sites for hydroxylation is 1. The number of amides is 2.